The van der Waals surface area contributed by atoms with Crippen LogP contribution in [0.15, 0.2) is 22.7 Å². The third kappa shape index (κ3) is 1.51. The number of fused-ring (bicyclic) bond motifs is 1. The van der Waals surface area contributed by atoms with Crippen LogP contribution in [-0.2, 0) is 5.33 Å². The van der Waals surface area contributed by atoms with Crippen LogP contribution in [-0.4, -0.2) is 0 Å². The van der Waals surface area contributed by atoms with Crippen LogP contribution in [0.3, 0.4) is 0 Å². The lowest BCUT2D eigenvalue weighted by atomic mass is 10.2. The van der Waals surface area contributed by atoms with Crippen LogP contribution in [0.5, 0.6) is 0 Å². The monoisotopic (exact) mass is 319 g/mol. The van der Waals surface area contributed by atoms with Crippen molar-refractivity contribution < 1.29 is 0 Å². The van der Waals surface area contributed by atoms with Crippen molar-refractivity contribution in [3.05, 3.63) is 27.5 Å². The van der Waals surface area contributed by atoms with Gasteiger partial charge in [0.15, 0.2) is 0 Å². The quantitative estimate of drug-likeness (QED) is 0.785. The topological polar surface area (TPSA) is 26.0 Å². The minimum atomic E-state index is 0.824. The molecule has 0 saturated heterocycles. The van der Waals surface area contributed by atoms with E-state index in [0.717, 1.165) is 20.9 Å². The second kappa shape index (κ2) is 3.59. The Bertz CT molecular complexity index is 450. The molecule has 0 aliphatic carbocycles. The molecule has 1 aromatic carbocycles. The van der Waals surface area contributed by atoms with E-state index in [2.05, 4.69) is 37.9 Å². The smallest absolute Gasteiger partial charge is 0.0544 e. The van der Waals surface area contributed by atoms with Crippen molar-refractivity contribution >= 4 is 59.0 Å². The van der Waals surface area contributed by atoms with Crippen molar-refractivity contribution in [3.63, 3.8) is 0 Å². The van der Waals surface area contributed by atoms with Crippen molar-refractivity contribution in [1.29, 1.82) is 0 Å². The first-order valence-corrected chi connectivity index (χ1v) is 6.48. The summed E-state index contributed by atoms with van der Waals surface area (Å²) in [7, 11) is 0. The zero-order valence-corrected chi connectivity index (χ0v) is 10.7. The van der Waals surface area contributed by atoms with Crippen molar-refractivity contribution in [2.45, 2.75) is 5.33 Å². The number of hydrogen-bond acceptors (Lipinski definition) is 2. The van der Waals surface area contributed by atoms with Gasteiger partial charge in [0.05, 0.1) is 10.4 Å². The molecule has 13 heavy (non-hydrogen) atoms. The maximum atomic E-state index is 5.98. The predicted molar refractivity (Wildman–Crippen MR) is 66.6 cm³/mol. The fourth-order valence-corrected chi connectivity index (χ4v) is 3.48. The Morgan fingerprint density at radius 2 is 2.15 bits per heavy atom. The third-order valence-electron chi connectivity index (χ3n) is 1.90. The fourth-order valence-electron chi connectivity index (χ4n) is 1.25. The zero-order valence-electron chi connectivity index (χ0n) is 6.68. The van der Waals surface area contributed by atoms with Gasteiger partial charge in [-0.05, 0) is 22.0 Å². The maximum absolute atomic E-state index is 5.98. The van der Waals surface area contributed by atoms with Crippen molar-refractivity contribution in [3.8, 4) is 0 Å². The lowest BCUT2D eigenvalue weighted by Crippen LogP contribution is -1.85. The summed E-state index contributed by atoms with van der Waals surface area (Å²) in [6.07, 6.45) is 0. The number of nitrogen functional groups attached to an aromatic ring is 1. The van der Waals surface area contributed by atoms with E-state index < -0.39 is 0 Å². The first-order valence-electron chi connectivity index (χ1n) is 3.75. The highest BCUT2D eigenvalue weighted by molar-refractivity contribution is 9.10. The number of anilines is 1. The SMILES string of the molecule is Nc1c(CBr)sc2c(Br)cccc12. The highest BCUT2D eigenvalue weighted by Gasteiger charge is 2.09. The Kier molecular flexibility index (Phi) is 2.62. The standard InChI is InChI=1S/C9H7Br2NS/c10-4-7-8(12)5-2-1-3-6(11)9(5)13-7/h1-3H,4,12H2. The maximum Gasteiger partial charge on any atom is 0.0544 e. The molecule has 0 spiro atoms. The highest BCUT2D eigenvalue weighted by Crippen LogP contribution is 2.38. The number of rotatable bonds is 1. The van der Waals surface area contributed by atoms with E-state index in [0.29, 0.717) is 0 Å². The average molecular weight is 321 g/mol. The van der Waals surface area contributed by atoms with Gasteiger partial charge in [-0.2, -0.15) is 0 Å². The van der Waals surface area contributed by atoms with Crippen LogP contribution in [0.1, 0.15) is 4.88 Å². The Morgan fingerprint density at radius 3 is 2.77 bits per heavy atom. The highest BCUT2D eigenvalue weighted by atomic mass is 79.9. The molecule has 0 bridgehead atoms. The molecule has 0 fully saturated rings. The van der Waals surface area contributed by atoms with E-state index in [1.54, 1.807) is 11.3 Å². The molecule has 1 nitrogen and oxygen atoms in total. The lowest BCUT2D eigenvalue weighted by Gasteiger charge is -1.93. The molecule has 0 aliphatic rings. The van der Waals surface area contributed by atoms with Gasteiger partial charge in [0.1, 0.15) is 0 Å². The molecule has 4 heteroatoms. The molecule has 0 radical (unpaired) electrons. The molecule has 1 heterocycles. The van der Waals surface area contributed by atoms with Crippen molar-refractivity contribution in [2.75, 3.05) is 5.73 Å². The second-order valence-corrected chi connectivity index (χ2v) is 5.21. The van der Waals surface area contributed by atoms with E-state index in [9.17, 15) is 0 Å². The number of halogens is 2. The molecule has 2 rings (SSSR count). The molecule has 0 amide bonds. The fraction of sp³-hybridized carbons (Fsp3) is 0.111. The van der Waals surface area contributed by atoms with Crippen molar-refractivity contribution in [1.82, 2.24) is 0 Å². The molecule has 2 N–H and O–H groups in total. The molecule has 1 aromatic heterocycles. The third-order valence-corrected chi connectivity index (χ3v) is 5.01. The van der Waals surface area contributed by atoms with E-state index in [1.807, 2.05) is 12.1 Å². The number of nitrogens with two attached hydrogens (primary N) is 1. The van der Waals surface area contributed by atoms with Gasteiger partial charge < -0.3 is 5.73 Å². The van der Waals surface area contributed by atoms with Crippen LogP contribution in [0, 0.1) is 0 Å². The van der Waals surface area contributed by atoms with Gasteiger partial charge in [0.25, 0.3) is 0 Å². The van der Waals surface area contributed by atoms with E-state index >= 15 is 0 Å². The lowest BCUT2D eigenvalue weighted by molar-refractivity contribution is 1.59. The van der Waals surface area contributed by atoms with Crippen molar-refractivity contribution in [2.24, 2.45) is 0 Å². The van der Waals surface area contributed by atoms with Gasteiger partial charge in [-0.3, -0.25) is 0 Å². The van der Waals surface area contributed by atoms with Gasteiger partial charge in [0, 0.05) is 20.1 Å². The molecular weight excluding hydrogens is 314 g/mol. The summed E-state index contributed by atoms with van der Waals surface area (Å²) >= 11 is 8.67. The summed E-state index contributed by atoms with van der Waals surface area (Å²) in [5.41, 5.74) is 6.88. The molecule has 0 aliphatic heterocycles. The molecular formula is C9H7Br2NS. The van der Waals surface area contributed by atoms with E-state index in [-0.39, 0.29) is 0 Å². The minimum Gasteiger partial charge on any atom is -0.397 e. The first-order chi connectivity index (χ1) is 6.24. The summed E-state index contributed by atoms with van der Waals surface area (Å²) in [4.78, 5) is 1.20. The zero-order chi connectivity index (χ0) is 9.42. The summed E-state index contributed by atoms with van der Waals surface area (Å²) in [5, 5.41) is 1.97. The van der Waals surface area contributed by atoms with Gasteiger partial charge in [-0.25, -0.2) is 0 Å². The van der Waals surface area contributed by atoms with Gasteiger partial charge in [-0.1, -0.05) is 28.1 Å². The van der Waals surface area contributed by atoms with Crippen LogP contribution in [0.2, 0.25) is 0 Å². The van der Waals surface area contributed by atoms with Crippen LogP contribution >= 0.6 is 43.2 Å². The molecule has 0 atom stereocenters. The number of alkyl halides is 1. The molecule has 68 valence electrons. The number of hydrogen-bond donors (Lipinski definition) is 1. The average Bonchev–Trinajstić information content (AvgIpc) is 2.45. The van der Waals surface area contributed by atoms with Crippen LogP contribution in [0.25, 0.3) is 10.1 Å². The van der Waals surface area contributed by atoms with Gasteiger partial charge in [-0.15, -0.1) is 11.3 Å². The molecule has 2 aromatic rings. The van der Waals surface area contributed by atoms with E-state index in [4.69, 9.17) is 5.73 Å². The van der Waals surface area contributed by atoms with Gasteiger partial charge >= 0.3 is 0 Å². The Labute approximate surface area is 97.2 Å². The predicted octanol–water partition coefficient (Wildman–Crippen LogP) is 4.14. The normalized spacial score (nSPS) is 10.9. The summed E-state index contributed by atoms with van der Waals surface area (Å²) in [5.74, 6) is 0. The van der Waals surface area contributed by atoms with Crippen LogP contribution in [0.4, 0.5) is 5.69 Å². The summed E-state index contributed by atoms with van der Waals surface area (Å²) in [6.45, 7) is 0. The first kappa shape index (κ1) is 9.49. The Morgan fingerprint density at radius 1 is 1.38 bits per heavy atom. The summed E-state index contributed by atoms with van der Waals surface area (Å²) < 4.78 is 2.35. The van der Waals surface area contributed by atoms with E-state index in [1.165, 1.54) is 9.58 Å². The molecule has 0 unspecified atom stereocenters. The largest absolute Gasteiger partial charge is 0.397 e. The number of benzene rings is 1. The number of thiophene rings is 1. The van der Waals surface area contributed by atoms with Crippen LogP contribution < -0.4 is 5.73 Å². The second-order valence-electron chi connectivity index (χ2n) is 2.69. The summed E-state index contributed by atoms with van der Waals surface area (Å²) in [6, 6.07) is 6.10. The Balaban J connectivity index is 2.83. The van der Waals surface area contributed by atoms with Gasteiger partial charge in [0.2, 0.25) is 0 Å². The Hall–Kier alpha value is -0.0600. The molecule has 0 saturated carbocycles. The minimum absolute atomic E-state index is 0.824.